The minimum Gasteiger partial charge on any atom is -0.438 e. The highest BCUT2D eigenvalue weighted by Crippen LogP contribution is 2.34. The Balaban J connectivity index is 1.35. The van der Waals surface area contributed by atoms with Gasteiger partial charge in [0.05, 0.1) is 19.8 Å². The number of hydrogen-bond acceptors (Lipinski definition) is 9. The fourth-order valence-electron chi connectivity index (χ4n) is 4.41. The zero-order chi connectivity index (χ0) is 27.9. The van der Waals surface area contributed by atoms with Crippen molar-refractivity contribution in [2.45, 2.75) is 6.29 Å². The predicted molar refractivity (Wildman–Crippen MR) is 150 cm³/mol. The molecule has 0 saturated carbocycles. The average molecular weight is 548 g/mol. The van der Waals surface area contributed by atoms with Crippen molar-refractivity contribution in [3.63, 3.8) is 0 Å². The number of hydrogen-bond donors (Lipinski definition) is 2. The highest BCUT2D eigenvalue weighted by Gasteiger charge is 2.17. The first-order chi connectivity index (χ1) is 19.5. The third-order valence-electron chi connectivity index (χ3n) is 6.45. The third kappa shape index (κ3) is 6.45. The molecule has 1 saturated heterocycles. The van der Waals surface area contributed by atoms with Gasteiger partial charge in [-0.05, 0) is 30.3 Å². The number of carbonyl (C=O) groups excluding carboxylic acids is 1. The quantitative estimate of drug-likeness (QED) is 0.274. The van der Waals surface area contributed by atoms with E-state index in [-0.39, 0.29) is 5.56 Å². The van der Waals surface area contributed by atoms with Crippen LogP contribution < -0.4 is 20.3 Å². The highest BCUT2D eigenvalue weighted by molar-refractivity contribution is 6.10. The van der Waals surface area contributed by atoms with E-state index in [9.17, 15) is 9.18 Å². The van der Waals surface area contributed by atoms with E-state index in [1.807, 2.05) is 29.2 Å². The molecule has 40 heavy (non-hydrogen) atoms. The molecule has 0 atom stereocenters. The van der Waals surface area contributed by atoms with Crippen molar-refractivity contribution in [3.05, 3.63) is 78.2 Å². The number of benzene rings is 3. The van der Waals surface area contributed by atoms with Crippen molar-refractivity contribution in [1.29, 1.82) is 0 Å². The Labute approximate surface area is 231 Å². The second kappa shape index (κ2) is 12.7. The van der Waals surface area contributed by atoms with Gasteiger partial charge in [-0.2, -0.15) is 4.98 Å². The number of halogens is 1. The van der Waals surface area contributed by atoms with Gasteiger partial charge in [-0.25, -0.2) is 9.37 Å². The number of ether oxygens (including phenoxy) is 4. The van der Waals surface area contributed by atoms with E-state index in [0.717, 1.165) is 10.8 Å². The largest absolute Gasteiger partial charge is 0.438 e. The van der Waals surface area contributed by atoms with Crippen LogP contribution >= 0.6 is 0 Å². The van der Waals surface area contributed by atoms with Crippen LogP contribution in [0.15, 0.2) is 66.9 Å². The first-order valence-corrected chi connectivity index (χ1v) is 12.8. The number of morpholine rings is 1. The van der Waals surface area contributed by atoms with Crippen LogP contribution in [0.5, 0.6) is 11.6 Å². The summed E-state index contributed by atoms with van der Waals surface area (Å²) < 4.78 is 36.3. The first kappa shape index (κ1) is 27.3. The molecule has 11 heteroatoms. The van der Waals surface area contributed by atoms with Crippen molar-refractivity contribution in [2.75, 3.05) is 62.6 Å². The van der Waals surface area contributed by atoms with Crippen LogP contribution in [0.1, 0.15) is 10.4 Å². The fourth-order valence-corrected chi connectivity index (χ4v) is 4.41. The molecule has 5 rings (SSSR count). The van der Waals surface area contributed by atoms with Crippen LogP contribution in [-0.2, 0) is 14.2 Å². The molecule has 0 bridgehead atoms. The van der Waals surface area contributed by atoms with Gasteiger partial charge in [0.15, 0.2) is 6.29 Å². The SMILES string of the molecule is COC(CNc1nccc(Oc2ccc(NC(=O)c3cc(F)cc(N4CCOCC4)c3)c3ccccc23)n1)OC. The van der Waals surface area contributed by atoms with Crippen LogP contribution in [0.25, 0.3) is 10.8 Å². The molecule has 0 unspecified atom stereocenters. The van der Waals surface area contributed by atoms with Gasteiger partial charge in [0.2, 0.25) is 11.8 Å². The molecular weight excluding hydrogens is 517 g/mol. The lowest BCUT2D eigenvalue weighted by Gasteiger charge is -2.29. The maximum atomic E-state index is 14.5. The number of fused-ring (bicyclic) bond motifs is 1. The van der Waals surface area contributed by atoms with Crippen molar-refractivity contribution < 1.29 is 28.1 Å². The molecular formula is C29H30FN5O5. The summed E-state index contributed by atoms with van der Waals surface area (Å²) in [7, 11) is 3.10. The topological polar surface area (TPSA) is 107 Å². The molecule has 0 aliphatic carbocycles. The molecule has 4 aromatic rings. The van der Waals surface area contributed by atoms with E-state index in [2.05, 4.69) is 20.6 Å². The molecule has 1 fully saturated rings. The van der Waals surface area contributed by atoms with Crippen LogP contribution in [0.4, 0.5) is 21.7 Å². The fraction of sp³-hybridized carbons (Fsp3) is 0.276. The van der Waals surface area contributed by atoms with Crippen molar-refractivity contribution in [3.8, 4) is 11.6 Å². The summed E-state index contributed by atoms with van der Waals surface area (Å²) in [5.41, 5.74) is 1.46. The Hall–Kier alpha value is -4.32. The lowest BCUT2D eigenvalue weighted by Crippen LogP contribution is -2.36. The lowest BCUT2D eigenvalue weighted by atomic mass is 10.1. The predicted octanol–water partition coefficient (Wildman–Crippen LogP) is 4.68. The van der Waals surface area contributed by atoms with Crippen LogP contribution in [0, 0.1) is 5.82 Å². The Kier molecular flexibility index (Phi) is 8.65. The van der Waals surface area contributed by atoms with Gasteiger partial charge in [-0.3, -0.25) is 4.79 Å². The molecule has 2 heterocycles. The van der Waals surface area contributed by atoms with Crippen molar-refractivity contribution >= 4 is 34.0 Å². The van der Waals surface area contributed by atoms with Gasteiger partial charge < -0.3 is 34.5 Å². The molecule has 208 valence electrons. The van der Waals surface area contributed by atoms with Crippen LogP contribution in [0.2, 0.25) is 0 Å². The number of rotatable bonds is 10. The monoisotopic (exact) mass is 547 g/mol. The molecule has 1 aliphatic rings. The molecule has 0 radical (unpaired) electrons. The Morgan fingerprint density at radius 2 is 1.82 bits per heavy atom. The number of aromatic nitrogens is 2. The van der Waals surface area contributed by atoms with E-state index < -0.39 is 18.0 Å². The van der Waals surface area contributed by atoms with Crippen molar-refractivity contribution in [1.82, 2.24) is 9.97 Å². The Morgan fingerprint density at radius 3 is 2.60 bits per heavy atom. The summed E-state index contributed by atoms with van der Waals surface area (Å²) in [6.45, 7) is 2.76. The van der Waals surface area contributed by atoms with Gasteiger partial charge in [-0.1, -0.05) is 24.3 Å². The van der Waals surface area contributed by atoms with Crippen LogP contribution in [0.3, 0.4) is 0 Å². The summed E-state index contributed by atoms with van der Waals surface area (Å²) >= 11 is 0. The molecule has 1 amide bonds. The smallest absolute Gasteiger partial charge is 0.255 e. The zero-order valence-corrected chi connectivity index (χ0v) is 22.2. The average Bonchev–Trinajstić information content (AvgIpc) is 2.99. The second-order valence-corrected chi connectivity index (χ2v) is 9.01. The minimum absolute atomic E-state index is 0.232. The Morgan fingerprint density at radius 1 is 1.05 bits per heavy atom. The third-order valence-corrected chi connectivity index (χ3v) is 6.45. The molecule has 1 aliphatic heterocycles. The Bertz CT molecular complexity index is 1480. The van der Waals surface area contributed by atoms with E-state index in [1.54, 1.807) is 44.7 Å². The van der Waals surface area contributed by atoms with E-state index in [4.69, 9.17) is 18.9 Å². The number of nitrogens with zero attached hydrogens (tertiary/aromatic N) is 3. The van der Waals surface area contributed by atoms with Gasteiger partial charge in [0, 0.05) is 67.3 Å². The molecule has 3 aromatic carbocycles. The summed E-state index contributed by atoms with van der Waals surface area (Å²) in [6.07, 6.45) is 1.14. The normalized spacial score (nSPS) is 13.4. The first-order valence-electron chi connectivity index (χ1n) is 12.8. The lowest BCUT2D eigenvalue weighted by molar-refractivity contribution is -0.0914. The number of anilines is 3. The summed E-state index contributed by atoms with van der Waals surface area (Å²) in [5, 5.41) is 7.51. The molecule has 2 N–H and O–H groups in total. The van der Waals surface area contributed by atoms with Gasteiger partial charge >= 0.3 is 0 Å². The summed E-state index contributed by atoms with van der Waals surface area (Å²) in [4.78, 5) is 23.8. The van der Waals surface area contributed by atoms with E-state index in [0.29, 0.717) is 61.8 Å². The molecule has 1 aromatic heterocycles. The van der Waals surface area contributed by atoms with E-state index in [1.165, 1.54) is 12.1 Å². The van der Waals surface area contributed by atoms with Gasteiger partial charge in [0.1, 0.15) is 11.6 Å². The minimum atomic E-state index is -0.471. The standard InChI is InChI=1S/C29H30FN5O5/c1-37-27(38-2)18-32-29-31-10-9-26(34-29)40-25-8-7-24(22-5-3-4-6-23(22)25)33-28(36)19-15-20(30)17-21(16-19)35-11-13-39-14-12-35/h3-10,15-17,27H,11-14,18H2,1-2H3,(H,33,36)(H,31,32,34). The summed E-state index contributed by atoms with van der Waals surface area (Å²) in [5.74, 6) is 0.356. The molecule has 10 nitrogen and oxygen atoms in total. The zero-order valence-electron chi connectivity index (χ0n) is 22.2. The number of nitrogens with one attached hydrogen (secondary N) is 2. The van der Waals surface area contributed by atoms with Crippen molar-refractivity contribution in [2.24, 2.45) is 0 Å². The maximum Gasteiger partial charge on any atom is 0.255 e. The molecule has 0 spiro atoms. The number of methoxy groups -OCH3 is 2. The highest BCUT2D eigenvalue weighted by atomic mass is 19.1. The second-order valence-electron chi connectivity index (χ2n) is 9.01. The van der Waals surface area contributed by atoms with Gasteiger partial charge in [0.25, 0.3) is 5.91 Å². The number of amides is 1. The van der Waals surface area contributed by atoms with E-state index >= 15 is 0 Å². The van der Waals surface area contributed by atoms with Gasteiger partial charge in [-0.15, -0.1) is 0 Å². The number of carbonyl (C=O) groups is 1. The van der Waals surface area contributed by atoms with Crippen LogP contribution in [-0.4, -0.2) is 69.2 Å². The maximum absolute atomic E-state index is 14.5. The summed E-state index contributed by atoms with van der Waals surface area (Å²) in [6, 6.07) is 17.0.